The Hall–Kier alpha value is -1.95. The maximum Gasteiger partial charge on any atom is 0.179 e. The molecule has 0 aliphatic carbocycles. The molecule has 3 aromatic heterocycles. The van der Waals surface area contributed by atoms with Gasteiger partial charge in [0.15, 0.2) is 10.4 Å². The van der Waals surface area contributed by atoms with E-state index in [1.54, 1.807) is 6.20 Å². The molecule has 3 aromatic rings. The summed E-state index contributed by atoms with van der Waals surface area (Å²) in [5, 5.41) is 4.60. The first-order chi connectivity index (χ1) is 10.2. The van der Waals surface area contributed by atoms with E-state index >= 15 is 0 Å². The molecular weight excluding hydrogens is 282 g/mol. The minimum absolute atomic E-state index is 0.763. The van der Waals surface area contributed by atoms with E-state index in [4.69, 9.17) is 12.2 Å². The van der Waals surface area contributed by atoms with Gasteiger partial charge in [0.05, 0.1) is 5.69 Å². The third-order valence-electron chi connectivity index (χ3n) is 3.66. The summed E-state index contributed by atoms with van der Waals surface area (Å²) in [5.41, 5.74) is 4.47. The Morgan fingerprint density at radius 2 is 2.19 bits per heavy atom. The monoisotopic (exact) mass is 301 g/mol. The van der Waals surface area contributed by atoms with Gasteiger partial charge in [0, 0.05) is 26.0 Å². The van der Waals surface area contributed by atoms with Crippen LogP contribution in [-0.2, 0) is 26.4 Å². The van der Waals surface area contributed by atoms with Crippen LogP contribution < -0.4 is 0 Å². The summed E-state index contributed by atoms with van der Waals surface area (Å²) in [5.74, 6) is 0. The lowest BCUT2D eigenvalue weighted by molar-refractivity contribution is 0.659. The molecule has 6 heteroatoms. The number of pyridine rings is 1. The summed E-state index contributed by atoms with van der Waals surface area (Å²) in [6.07, 6.45) is 6.65. The van der Waals surface area contributed by atoms with Gasteiger partial charge in [0.1, 0.15) is 5.52 Å². The van der Waals surface area contributed by atoms with Crippen LogP contribution in [0.3, 0.4) is 0 Å². The zero-order valence-electron chi connectivity index (χ0n) is 12.3. The van der Waals surface area contributed by atoms with Gasteiger partial charge in [-0.05, 0) is 36.7 Å². The van der Waals surface area contributed by atoms with Gasteiger partial charge < -0.3 is 9.55 Å². The average Bonchev–Trinajstić information content (AvgIpc) is 2.96. The molecule has 0 atom stereocenters. The maximum atomic E-state index is 5.48. The standard InChI is InChI=1S/C15H19N5S/c1-3-5-12-13-14(19(2)18-12)20(15(21)17-13)9-7-11-6-4-8-16-10-11/h4,6,8,10H,3,5,7,9H2,1-2H3,(H,17,21). The van der Waals surface area contributed by atoms with Crippen LogP contribution in [0.15, 0.2) is 24.5 Å². The highest BCUT2D eigenvalue weighted by Gasteiger charge is 2.14. The van der Waals surface area contributed by atoms with Crippen LogP contribution in [0.1, 0.15) is 24.6 Å². The summed E-state index contributed by atoms with van der Waals surface area (Å²) in [6.45, 7) is 2.99. The first-order valence-corrected chi connectivity index (χ1v) is 7.64. The van der Waals surface area contributed by atoms with Gasteiger partial charge in [-0.3, -0.25) is 9.67 Å². The van der Waals surface area contributed by atoms with Crippen LogP contribution >= 0.6 is 12.2 Å². The number of aromatic amines is 1. The minimum atomic E-state index is 0.763. The molecule has 0 saturated carbocycles. The van der Waals surface area contributed by atoms with Gasteiger partial charge >= 0.3 is 0 Å². The van der Waals surface area contributed by atoms with E-state index in [0.717, 1.165) is 47.4 Å². The van der Waals surface area contributed by atoms with Gasteiger partial charge in [0.2, 0.25) is 0 Å². The van der Waals surface area contributed by atoms with Crippen LogP contribution in [0, 0.1) is 4.77 Å². The average molecular weight is 301 g/mol. The van der Waals surface area contributed by atoms with Crippen molar-refractivity contribution in [2.24, 2.45) is 7.05 Å². The number of imidazole rings is 1. The summed E-state index contributed by atoms with van der Waals surface area (Å²) < 4.78 is 4.82. The number of nitrogens with one attached hydrogen (secondary N) is 1. The maximum absolute atomic E-state index is 5.48. The molecule has 3 heterocycles. The number of aromatic nitrogens is 5. The highest BCUT2D eigenvalue weighted by Crippen LogP contribution is 2.19. The molecule has 0 spiro atoms. The second-order valence-corrected chi connectivity index (χ2v) is 5.60. The van der Waals surface area contributed by atoms with Crippen LogP contribution in [0.4, 0.5) is 0 Å². The molecule has 110 valence electrons. The normalized spacial score (nSPS) is 11.3. The first-order valence-electron chi connectivity index (χ1n) is 7.24. The highest BCUT2D eigenvalue weighted by atomic mass is 32.1. The number of hydrogen-bond acceptors (Lipinski definition) is 3. The fourth-order valence-electron chi connectivity index (χ4n) is 2.68. The number of aryl methyl sites for hydroxylation is 4. The zero-order valence-corrected chi connectivity index (χ0v) is 13.2. The van der Waals surface area contributed by atoms with E-state index in [2.05, 4.69) is 32.6 Å². The molecule has 21 heavy (non-hydrogen) atoms. The Bertz CT molecular complexity index is 797. The molecule has 0 bridgehead atoms. The van der Waals surface area contributed by atoms with Crippen molar-refractivity contribution >= 4 is 23.4 Å². The van der Waals surface area contributed by atoms with Crippen molar-refractivity contribution in [1.29, 1.82) is 0 Å². The largest absolute Gasteiger partial charge is 0.328 e. The molecule has 5 nitrogen and oxygen atoms in total. The number of nitrogens with zero attached hydrogens (tertiary/aromatic N) is 4. The number of rotatable bonds is 5. The van der Waals surface area contributed by atoms with Gasteiger partial charge in [-0.15, -0.1) is 0 Å². The Balaban J connectivity index is 1.95. The number of H-pyrrole nitrogens is 1. The number of hydrogen-bond donors (Lipinski definition) is 1. The summed E-state index contributed by atoms with van der Waals surface area (Å²) in [4.78, 5) is 7.47. The van der Waals surface area contributed by atoms with E-state index in [0.29, 0.717) is 0 Å². The van der Waals surface area contributed by atoms with Crippen LogP contribution in [0.2, 0.25) is 0 Å². The minimum Gasteiger partial charge on any atom is -0.328 e. The van der Waals surface area contributed by atoms with Crippen molar-refractivity contribution in [3.05, 3.63) is 40.6 Å². The smallest absolute Gasteiger partial charge is 0.179 e. The highest BCUT2D eigenvalue weighted by molar-refractivity contribution is 7.71. The molecule has 0 radical (unpaired) electrons. The second-order valence-electron chi connectivity index (χ2n) is 5.21. The van der Waals surface area contributed by atoms with Gasteiger partial charge in [0.25, 0.3) is 0 Å². The quantitative estimate of drug-likeness (QED) is 0.737. The van der Waals surface area contributed by atoms with Crippen molar-refractivity contribution in [2.45, 2.75) is 32.7 Å². The molecule has 0 aromatic carbocycles. The van der Waals surface area contributed by atoms with Crippen molar-refractivity contribution in [2.75, 3.05) is 0 Å². The SMILES string of the molecule is CCCc1nn(C)c2c1[nH]c(=S)n2CCc1cccnc1. The Kier molecular flexibility index (Phi) is 3.88. The van der Waals surface area contributed by atoms with Crippen molar-refractivity contribution in [3.8, 4) is 0 Å². The van der Waals surface area contributed by atoms with Crippen LogP contribution in [0.25, 0.3) is 11.2 Å². The lowest BCUT2D eigenvalue weighted by Gasteiger charge is -2.04. The third-order valence-corrected chi connectivity index (χ3v) is 3.98. The van der Waals surface area contributed by atoms with Crippen molar-refractivity contribution < 1.29 is 0 Å². The topological polar surface area (TPSA) is 51.4 Å². The predicted octanol–water partition coefficient (Wildman–Crippen LogP) is 3.02. The van der Waals surface area contributed by atoms with Gasteiger partial charge in [-0.1, -0.05) is 19.4 Å². The summed E-state index contributed by atoms with van der Waals surface area (Å²) >= 11 is 5.48. The zero-order chi connectivity index (χ0) is 14.8. The molecule has 3 rings (SSSR count). The lowest BCUT2D eigenvalue weighted by Crippen LogP contribution is -2.05. The first kappa shape index (κ1) is 14.0. The molecule has 0 unspecified atom stereocenters. The lowest BCUT2D eigenvalue weighted by atomic mass is 10.2. The number of fused-ring (bicyclic) bond motifs is 1. The van der Waals surface area contributed by atoms with Gasteiger partial charge in [-0.25, -0.2) is 0 Å². The van der Waals surface area contributed by atoms with E-state index in [1.165, 1.54) is 5.56 Å². The molecule has 1 N–H and O–H groups in total. The Morgan fingerprint density at radius 3 is 2.90 bits per heavy atom. The third kappa shape index (κ3) is 2.63. The van der Waals surface area contributed by atoms with Crippen molar-refractivity contribution in [1.82, 2.24) is 24.3 Å². The fraction of sp³-hybridized carbons (Fsp3) is 0.400. The van der Waals surface area contributed by atoms with E-state index in [-0.39, 0.29) is 0 Å². The van der Waals surface area contributed by atoms with E-state index in [1.807, 2.05) is 24.0 Å². The van der Waals surface area contributed by atoms with Gasteiger partial charge in [-0.2, -0.15) is 5.10 Å². The second kappa shape index (κ2) is 5.81. The molecule has 0 saturated heterocycles. The molecular formula is C15H19N5S. The Morgan fingerprint density at radius 1 is 1.33 bits per heavy atom. The molecule has 0 fully saturated rings. The molecule has 0 aliphatic rings. The van der Waals surface area contributed by atoms with Crippen LogP contribution in [0.5, 0.6) is 0 Å². The molecule has 0 aliphatic heterocycles. The van der Waals surface area contributed by atoms with E-state index < -0.39 is 0 Å². The van der Waals surface area contributed by atoms with E-state index in [9.17, 15) is 0 Å². The van der Waals surface area contributed by atoms with Crippen LogP contribution in [-0.4, -0.2) is 24.3 Å². The fourth-order valence-corrected chi connectivity index (χ4v) is 2.96. The van der Waals surface area contributed by atoms with Crippen molar-refractivity contribution in [3.63, 3.8) is 0 Å². The summed E-state index contributed by atoms with van der Waals surface area (Å²) in [6, 6.07) is 4.05. The summed E-state index contributed by atoms with van der Waals surface area (Å²) in [7, 11) is 1.98. The Labute approximate surface area is 128 Å². The predicted molar refractivity (Wildman–Crippen MR) is 85.8 cm³/mol. The molecule has 0 amide bonds.